The molecule has 0 spiro atoms. The quantitative estimate of drug-likeness (QED) is 0.619. The minimum Gasteiger partial charge on any atom is -0.504 e. The van der Waals surface area contributed by atoms with Crippen molar-refractivity contribution in [3.63, 3.8) is 0 Å². The average molecular weight is 430 g/mol. The third kappa shape index (κ3) is 4.03. The van der Waals surface area contributed by atoms with Crippen LogP contribution in [0, 0.1) is 5.92 Å². The number of carbonyl (C=O) groups excluding carboxylic acids is 2. The Labute approximate surface area is 180 Å². The van der Waals surface area contributed by atoms with E-state index in [0.29, 0.717) is 34.2 Å². The fraction of sp³-hybridized carbons (Fsp3) is 0.364. The topological polar surface area (TPSA) is 107 Å². The van der Waals surface area contributed by atoms with Crippen LogP contribution in [0.4, 0.5) is 5.69 Å². The number of anilines is 1. The molecule has 31 heavy (non-hydrogen) atoms. The molecular weight excluding hydrogens is 404 g/mol. The van der Waals surface area contributed by atoms with Gasteiger partial charge in [0.25, 0.3) is 0 Å². The van der Waals surface area contributed by atoms with Crippen molar-refractivity contribution in [2.24, 2.45) is 5.92 Å². The zero-order valence-corrected chi connectivity index (χ0v) is 18.1. The zero-order chi connectivity index (χ0) is 22.7. The monoisotopic (exact) mass is 430 g/mol. The first-order valence-electron chi connectivity index (χ1n) is 9.60. The number of carbonyl (C=O) groups is 2. The number of nitrogens with zero attached hydrogens (tertiary/aromatic N) is 1. The van der Waals surface area contributed by atoms with Crippen molar-refractivity contribution in [1.82, 2.24) is 5.32 Å². The van der Waals surface area contributed by atoms with Crippen LogP contribution in [0.5, 0.6) is 28.7 Å². The van der Waals surface area contributed by atoms with Crippen molar-refractivity contribution in [2.75, 3.05) is 39.9 Å². The van der Waals surface area contributed by atoms with Gasteiger partial charge in [-0.1, -0.05) is 6.07 Å². The standard InChI is InChI=1S/C22H26N2O7/c1-12(25)23-11-15-20(13-6-7-17(28-2)16(26)8-13)24(22(15)27)14-9-18(29-3)21(31-5)19(10-14)30-4/h6-10,15,20,26H,11H2,1-5H3,(H,23,25)/t15-,20-/m0/s1. The molecule has 1 aliphatic heterocycles. The molecular formula is C22H26N2O7. The molecule has 0 aliphatic carbocycles. The van der Waals surface area contributed by atoms with Crippen LogP contribution in [0.2, 0.25) is 0 Å². The van der Waals surface area contributed by atoms with E-state index >= 15 is 0 Å². The van der Waals surface area contributed by atoms with E-state index in [1.54, 1.807) is 35.2 Å². The third-order valence-corrected chi connectivity index (χ3v) is 5.26. The van der Waals surface area contributed by atoms with Gasteiger partial charge in [-0.25, -0.2) is 0 Å². The molecule has 1 heterocycles. The Bertz CT molecular complexity index is 967. The van der Waals surface area contributed by atoms with E-state index in [-0.39, 0.29) is 24.1 Å². The minimum absolute atomic E-state index is 0.0394. The van der Waals surface area contributed by atoms with Gasteiger partial charge in [0.1, 0.15) is 0 Å². The Balaban J connectivity index is 2.06. The summed E-state index contributed by atoms with van der Waals surface area (Å²) in [4.78, 5) is 26.1. The van der Waals surface area contributed by atoms with Gasteiger partial charge >= 0.3 is 0 Å². The summed E-state index contributed by atoms with van der Waals surface area (Å²) in [6, 6.07) is 7.91. The number of phenols is 1. The van der Waals surface area contributed by atoms with Gasteiger partial charge < -0.3 is 34.3 Å². The molecule has 1 fully saturated rings. The highest BCUT2D eigenvalue weighted by atomic mass is 16.5. The van der Waals surface area contributed by atoms with Crippen LogP contribution in [0.3, 0.4) is 0 Å². The van der Waals surface area contributed by atoms with E-state index in [1.165, 1.54) is 35.4 Å². The van der Waals surface area contributed by atoms with Gasteiger partial charge in [0.2, 0.25) is 17.6 Å². The molecule has 0 bridgehead atoms. The summed E-state index contributed by atoms with van der Waals surface area (Å²) >= 11 is 0. The molecule has 9 nitrogen and oxygen atoms in total. The van der Waals surface area contributed by atoms with Crippen molar-refractivity contribution in [3.05, 3.63) is 35.9 Å². The van der Waals surface area contributed by atoms with Gasteiger partial charge in [0.05, 0.1) is 46.1 Å². The molecule has 3 rings (SSSR count). The van der Waals surface area contributed by atoms with Gasteiger partial charge in [-0.15, -0.1) is 0 Å². The highest BCUT2D eigenvalue weighted by Gasteiger charge is 2.49. The van der Waals surface area contributed by atoms with Crippen molar-refractivity contribution >= 4 is 17.5 Å². The Morgan fingerprint density at radius 2 is 1.61 bits per heavy atom. The summed E-state index contributed by atoms with van der Waals surface area (Å²) in [5.41, 5.74) is 1.24. The van der Waals surface area contributed by atoms with Crippen LogP contribution in [0.1, 0.15) is 18.5 Å². The number of hydrogen-bond acceptors (Lipinski definition) is 7. The second-order valence-corrected chi connectivity index (χ2v) is 7.01. The number of amides is 2. The predicted molar refractivity (Wildman–Crippen MR) is 113 cm³/mol. The van der Waals surface area contributed by atoms with Crippen molar-refractivity contribution < 1.29 is 33.6 Å². The van der Waals surface area contributed by atoms with Crippen molar-refractivity contribution in [3.8, 4) is 28.7 Å². The molecule has 2 amide bonds. The molecule has 166 valence electrons. The fourth-order valence-electron chi connectivity index (χ4n) is 3.77. The largest absolute Gasteiger partial charge is 0.504 e. The molecule has 1 aliphatic rings. The lowest BCUT2D eigenvalue weighted by Gasteiger charge is -2.47. The van der Waals surface area contributed by atoms with Gasteiger partial charge in [-0.05, 0) is 17.7 Å². The molecule has 2 aromatic carbocycles. The summed E-state index contributed by atoms with van der Waals surface area (Å²) in [5.74, 6) is 0.608. The van der Waals surface area contributed by atoms with Gasteiger partial charge in [0.15, 0.2) is 23.0 Å². The average Bonchev–Trinajstić information content (AvgIpc) is 2.76. The number of β-lactam (4-membered cyclic amide) rings is 1. The van der Waals surface area contributed by atoms with E-state index in [1.807, 2.05) is 0 Å². The Morgan fingerprint density at radius 3 is 2.10 bits per heavy atom. The molecule has 9 heteroatoms. The Morgan fingerprint density at radius 1 is 1.00 bits per heavy atom. The van der Waals surface area contributed by atoms with Crippen LogP contribution in [0.25, 0.3) is 0 Å². The lowest BCUT2D eigenvalue weighted by Crippen LogP contribution is -2.58. The fourth-order valence-corrected chi connectivity index (χ4v) is 3.77. The molecule has 0 unspecified atom stereocenters. The number of hydrogen-bond donors (Lipinski definition) is 2. The first-order valence-corrected chi connectivity index (χ1v) is 9.60. The summed E-state index contributed by atoms with van der Waals surface area (Å²) < 4.78 is 21.3. The van der Waals surface area contributed by atoms with E-state index in [4.69, 9.17) is 18.9 Å². The molecule has 1 saturated heterocycles. The Hall–Kier alpha value is -3.62. The van der Waals surface area contributed by atoms with E-state index in [9.17, 15) is 14.7 Å². The van der Waals surface area contributed by atoms with Gasteiger partial charge in [-0.2, -0.15) is 0 Å². The van der Waals surface area contributed by atoms with Gasteiger partial charge in [-0.3, -0.25) is 9.59 Å². The van der Waals surface area contributed by atoms with Gasteiger partial charge in [0, 0.05) is 25.6 Å². The molecule has 0 aromatic heterocycles. The number of methoxy groups -OCH3 is 4. The highest BCUT2D eigenvalue weighted by Crippen LogP contribution is 2.49. The predicted octanol–water partition coefficient (Wildman–Crippen LogP) is 2.27. The second-order valence-electron chi connectivity index (χ2n) is 7.01. The first-order chi connectivity index (χ1) is 14.9. The zero-order valence-electron chi connectivity index (χ0n) is 18.1. The summed E-state index contributed by atoms with van der Waals surface area (Å²) in [7, 11) is 5.96. The number of ether oxygens (including phenoxy) is 4. The SMILES string of the molecule is COc1ccc([C@H]2[C@H](CNC(C)=O)C(=O)N2c2cc(OC)c(OC)c(OC)c2)cc1O. The lowest BCUT2D eigenvalue weighted by atomic mass is 9.81. The lowest BCUT2D eigenvalue weighted by molar-refractivity contribution is -0.130. The van der Waals surface area contributed by atoms with Crippen LogP contribution in [0.15, 0.2) is 30.3 Å². The van der Waals surface area contributed by atoms with E-state index < -0.39 is 12.0 Å². The minimum atomic E-state index is -0.504. The number of benzene rings is 2. The third-order valence-electron chi connectivity index (χ3n) is 5.26. The van der Waals surface area contributed by atoms with Crippen molar-refractivity contribution in [1.29, 1.82) is 0 Å². The van der Waals surface area contributed by atoms with Crippen molar-refractivity contribution in [2.45, 2.75) is 13.0 Å². The second kappa shape index (κ2) is 9.03. The molecule has 0 radical (unpaired) electrons. The maximum absolute atomic E-state index is 13.1. The summed E-state index contributed by atoms with van der Waals surface area (Å²) in [6.45, 7) is 1.57. The molecule has 2 aromatic rings. The highest BCUT2D eigenvalue weighted by molar-refractivity contribution is 6.04. The number of rotatable bonds is 8. The van der Waals surface area contributed by atoms with Crippen LogP contribution >= 0.6 is 0 Å². The first kappa shape index (κ1) is 22.1. The number of aromatic hydroxyl groups is 1. The van der Waals surface area contributed by atoms with Crippen LogP contribution < -0.4 is 29.2 Å². The number of phenolic OH excluding ortho intramolecular Hbond substituents is 1. The smallest absolute Gasteiger partial charge is 0.234 e. The summed E-state index contributed by atoms with van der Waals surface area (Å²) in [6.07, 6.45) is 0. The molecule has 0 saturated carbocycles. The maximum atomic E-state index is 13.1. The van der Waals surface area contributed by atoms with E-state index in [0.717, 1.165) is 0 Å². The van der Waals surface area contributed by atoms with E-state index in [2.05, 4.69) is 5.32 Å². The number of nitrogens with one attached hydrogen (secondary N) is 1. The Kier molecular flexibility index (Phi) is 6.43. The molecule has 2 atom stereocenters. The maximum Gasteiger partial charge on any atom is 0.234 e. The van der Waals surface area contributed by atoms with Crippen LogP contribution in [-0.4, -0.2) is 51.9 Å². The molecule has 2 N–H and O–H groups in total. The summed E-state index contributed by atoms with van der Waals surface area (Å²) in [5, 5.41) is 13.0. The normalized spacial score (nSPS) is 17.6. The van der Waals surface area contributed by atoms with Crippen LogP contribution in [-0.2, 0) is 9.59 Å².